The largest absolute Gasteiger partial charge is 0.350 e. The zero-order valence-electron chi connectivity index (χ0n) is 12.6. The molecule has 0 spiro atoms. The van der Waals surface area contributed by atoms with Gasteiger partial charge in [0, 0.05) is 11.9 Å². The van der Waals surface area contributed by atoms with Crippen molar-refractivity contribution in [2.75, 3.05) is 5.32 Å². The molecule has 0 radical (unpaired) electrons. The third-order valence-electron chi connectivity index (χ3n) is 3.82. The molecular formula is C17H15Cl2N3O2. The lowest BCUT2D eigenvalue weighted by Crippen LogP contribution is -2.27. The topological polar surface area (TPSA) is 71.1 Å². The van der Waals surface area contributed by atoms with E-state index < -0.39 is 0 Å². The molecule has 2 N–H and O–H groups in total. The standard InChI is InChI=1S/C17H15Cl2N3O2/c18-14-5-4-10(7-15(14)19)22-17(24)13-8-12(13)16(23)21-9-11-3-1-2-6-20-11/h1-7,12-13H,8-9H2,(H,21,23)(H,22,24). The van der Waals surface area contributed by atoms with Crippen LogP contribution in [-0.2, 0) is 16.1 Å². The Hall–Kier alpha value is -2.11. The Bertz CT molecular complexity index is 768. The maximum absolute atomic E-state index is 12.2. The van der Waals surface area contributed by atoms with Crippen LogP contribution in [0.2, 0.25) is 10.0 Å². The highest BCUT2D eigenvalue weighted by atomic mass is 35.5. The molecule has 24 heavy (non-hydrogen) atoms. The van der Waals surface area contributed by atoms with E-state index >= 15 is 0 Å². The van der Waals surface area contributed by atoms with Gasteiger partial charge in [-0.3, -0.25) is 14.6 Å². The molecule has 1 saturated carbocycles. The van der Waals surface area contributed by atoms with E-state index in [-0.39, 0.29) is 23.7 Å². The summed E-state index contributed by atoms with van der Waals surface area (Å²) in [5.41, 5.74) is 1.34. The highest BCUT2D eigenvalue weighted by Gasteiger charge is 2.47. The Morgan fingerprint density at radius 3 is 2.58 bits per heavy atom. The number of carbonyl (C=O) groups excluding carboxylic acids is 2. The lowest BCUT2D eigenvalue weighted by atomic mass is 10.2. The number of aromatic nitrogens is 1. The van der Waals surface area contributed by atoms with Gasteiger partial charge in [-0.1, -0.05) is 29.3 Å². The summed E-state index contributed by atoms with van der Waals surface area (Å²) in [5.74, 6) is -0.930. The predicted molar refractivity (Wildman–Crippen MR) is 92.8 cm³/mol. The maximum Gasteiger partial charge on any atom is 0.228 e. The number of hydrogen-bond donors (Lipinski definition) is 2. The molecule has 0 bridgehead atoms. The minimum Gasteiger partial charge on any atom is -0.350 e. The molecule has 1 aliphatic rings. The van der Waals surface area contributed by atoms with Crippen molar-refractivity contribution in [3.05, 3.63) is 58.3 Å². The summed E-state index contributed by atoms with van der Waals surface area (Å²) in [6.45, 7) is 0.358. The van der Waals surface area contributed by atoms with E-state index in [1.54, 1.807) is 24.4 Å². The quantitative estimate of drug-likeness (QED) is 0.855. The number of benzene rings is 1. The molecule has 1 aliphatic carbocycles. The maximum atomic E-state index is 12.2. The number of anilines is 1. The second-order valence-electron chi connectivity index (χ2n) is 5.61. The van der Waals surface area contributed by atoms with Gasteiger partial charge in [0.15, 0.2) is 0 Å². The van der Waals surface area contributed by atoms with Gasteiger partial charge in [0.2, 0.25) is 11.8 Å². The van der Waals surface area contributed by atoms with Crippen LogP contribution in [0.25, 0.3) is 0 Å². The van der Waals surface area contributed by atoms with Crippen molar-refractivity contribution in [2.24, 2.45) is 11.8 Å². The van der Waals surface area contributed by atoms with Crippen LogP contribution in [0.3, 0.4) is 0 Å². The van der Waals surface area contributed by atoms with Crippen LogP contribution < -0.4 is 10.6 Å². The third kappa shape index (κ3) is 4.04. The zero-order valence-corrected chi connectivity index (χ0v) is 14.1. The summed E-state index contributed by atoms with van der Waals surface area (Å²) in [6.07, 6.45) is 2.22. The van der Waals surface area contributed by atoms with Crippen LogP contribution in [0.15, 0.2) is 42.6 Å². The Morgan fingerprint density at radius 2 is 1.88 bits per heavy atom. The molecule has 1 aromatic heterocycles. The van der Waals surface area contributed by atoms with Crippen molar-refractivity contribution < 1.29 is 9.59 Å². The third-order valence-corrected chi connectivity index (χ3v) is 4.56. The van der Waals surface area contributed by atoms with Crippen molar-refractivity contribution in [1.29, 1.82) is 0 Å². The number of halogens is 2. The molecule has 2 aromatic rings. The molecule has 0 saturated heterocycles. The van der Waals surface area contributed by atoms with Crippen molar-refractivity contribution in [3.63, 3.8) is 0 Å². The molecule has 1 heterocycles. The van der Waals surface area contributed by atoms with Crippen molar-refractivity contribution in [1.82, 2.24) is 10.3 Å². The van der Waals surface area contributed by atoms with Gasteiger partial charge in [-0.05, 0) is 36.8 Å². The van der Waals surface area contributed by atoms with E-state index in [4.69, 9.17) is 23.2 Å². The Morgan fingerprint density at radius 1 is 1.08 bits per heavy atom. The second-order valence-corrected chi connectivity index (χ2v) is 6.42. The first-order valence-corrected chi connectivity index (χ1v) is 8.23. The summed E-state index contributed by atoms with van der Waals surface area (Å²) >= 11 is 11.8. The second kappa shape index (κ2) is 7.20. The molecule has 1 fully saturated rings. The van der Waals surface area contributed by atoms with Gasteiger partial charge in [0.1, 0.15) is 0 Å². The van der Waals surface area contributed by atoms with E-state index in [9.17, 15) is 9.59 Å². The Kier molecular flexibility index (Phi) is 5.02. The van der Waals surface area contributed by atoms with Gasteiger partial charge >= 0.3 is 0 Å². The summed E-state index contributed by atoms with van der Waals surface area (Å²) in [4.78, 5) is 28.4. The number of pyridine rings is 1. The van der Waals surface area contributed by atoms with Gasteiger partial charge in [0.25, 0.3) is 0 Å². The molecular weight excluding hydrogens is 349 g/mol. The van der Waals surface area contributed by atoms with Crippen molar-refractivity contribution in [2.45, 2.75) is 13.0 Å². The zero-order chi connectivity index (χ0) is 17.1. The first-order valence-electron chi connectivity index (χ1n) is 7.48. The Balaban J connectivity index is 1.49. The van der Waals surface area contributed by atoms with Crippen molar-refractivity contribution in [3.8, 4) is 0 Å². The van der Waals surface area contributed by atoms with Crippen LogP contribution in [0.5, 0.6) is 0 Å². The van der Waals surface area contributed by atoms with Crippen LogP contribution in [0.4, 0.5) is 5.69 Å². The first-order chi connectivity index (χ1) is 11.5. The summed E-state index contributed by atoms with van der Waals surface area (Å²) in [7, 11) is 0. The Labute approximate surface area is 149 Å². The summed E-state index contributed by atoms with van der Waals surface area (Å²) in [5, 5.41) is 6.36. The lowest BCUT2D eigenvalue weighted by molar-refractivity contribution is -0.125. The van der Waals surface area contributed by atoms with Crippen LogP contribution in [0, 0.1) is 11.8 Å². The van der Waals surface area contributed by atoms with E-state index in [2.05, 4.69) is 15.6 Å². The molecule has 5 nitrogen and oxygen atoms in total. The summed E-state index contributed by atoms with van der Waals surface area (Å²) < 4.78 is 0. The average Bonchev–Trinajstić information content (AvgIpc) is 3.38. The number of rotatable bonds is 5. The molecule has 2 unspecified atom stereocenters. The van der Waals surface area contributed by atoms with Crippen LogP contribution in [-0.4, -0.2) is 16.8 Å². The molecule has 124 valence electrons. The number of carbonyl (C=O) groups is 2. The summed E-state index contributed by atoms with van der Waals surface area (Å²) in [6, 6.07) is 10.4. The number of hydrogen-bond acceptors (Lipinski definition) is 3. The van der Waals surface area contributed by atoms with Crippen LogP contribution >= 0.6 is 23.2 Å². The molecule has 0 aliphatic heterocycles. The minimum absolute atomic E-state index is 0.130. The number of nitrogens with zero attached hydrogens (tertiary/aromatic N) is 1. The van der Waals surface area contributed by atoms with E-state index in [1.807, 2.05) is 18.2 Å². The van der Waals surface area contributed by atoms with E-state index in [0.29, 0.717) is 28.7 Å². The highest BCUT2D eigenvalue weighted by Crippen LogP contribution is 2.39. The predicted octanol–water partition coefficient (Wildman–Crippen LogP) is 3.28. The van der Waals surface area contributed by atoms with Gasteiger partial charge in [0.05, 0.1) is 34.1 Å². The molecule has 7 heteroatoms. The first kappa shape index (κ1) is 16.7. The van der Waals surface area contributed by atoms with Crippen molar-refractivity contribution >= 4 is 40.7 Å². The lowest BCUT2D eigenvalue weighted by Gasteiger charge is -2.07. The molecule has 3 rings (SSSR count). The molecule has 2 amide bonds. The van der Waals surface area contributed by atoms with Gasteiger partial charge < -0.3 is 10.6 Å². The van der Waals surface area contributed by atoms with Gasteiger partial charge in [-0.2, -0.15) is 0 Å². The molecule has 1 aromatic carbocycles. The normalized spacial score (nSPS) is 18.8. The number of nitrogens with one attached hydrogen (secondary N) is 2. The van der Waals surface area contributed by atoms with E-state index in [1.165, 1.54) is 0 Å². The highest BCUT2D eigenvalue weighted by molar-refractivity contribution is 6.42. The van der Waals surface area contributed by atoms with Crippen LogP contribution in [0.1, 0.15) is 12.1 Å². The van der Waals surface area contributed by atoms with Gasteiger partial charge in [-0.15, -0.1) is 0 Å². The fraction of sp³-hybridized carbons (Fsp3) is 0.235. The smallest absolute Gasteiger partial charge is 0.228 e. The van der Waals surface area contributed by atoms with Gasteiger partial charge in [-0.25, -0.2) is 0 Å². The fourth-order valence-electron chi connectivity index (χ4n) is 2.39. The molecule has 2 atom stereocenters. The monoisotopic (exact) mass is 363 g/mol. The average molecular weight is 364 g/mol. The fourth-order valence-corrected chi connectivity index (χ4v) is 2.69. The SMILES string of the molecule is O=C(NCc1ccccn1)C1CC1C(=O)Nc1ccc(Cl)c(Cl)c1. The minimum atomic E-state index is -0.316. The van der Waals surface area contributed by atoms with E-state index in [0.717, 1.165) is 5.69 Å². The number of amides is 2.